The van der Waals surface area contributed by atoms with E-state index in [2.05, 4.69) is 25.8 Å². The number of anilines is 2. The fourth-order valence-electron chi connectivity index (χ4n) is 4.20. The van der Waals surface area contributed by atoms with Crippen LogP contribution < -0.4 is 16.2 Å². The first kappa shape index (κ1) is 18.2. The highest BCUT2D eigenvalue weighted by molar-refractivity contribution is 5.76. The van der Waals surface area contributed by atoms with Gasteiger partial charge in [-0.05, 0) is 61.5 Å². The van der Waals surface area contributed by atoms with E-state index in [-0.39, 0.29) is 5.56 Å². The molecule has 2 fully saturated rings. The Hall–Kier alpha value is -3.62. The Bertz CT molecular complexity index is 1270. The summed E-state index contributed by atoms with van der Waals surface area (Å²) >= 11 is 0. The fraction of sp³-hybridized carbons (Fsp3) is 0.364. The van der Waals surface area contributed by atoms with E-state index in [0.717, 1.165) is 49.2 Å². The molecule has 0 bridgehead atoms. The van der Waals surface area contributed by atoms with Crippen molar-refractivity contribution < 1.29 is 8.94 Å². The van der Waals surface area contributed by atoms with Crippen molar-refractivity contribution in [3.63, 3.8) is 0 Å². The minimum Gasteiger partial charge on any atom is -0.459 e. The smallest absolute Gasteiger partial charge is 0.298 e. The number of hydrogen-bond donors (Lipinski definition) is 2. The molecule has 9 nitrogen and oxygen atoms in total. The maximum Gasteiger partial charge on any atom is 0.298 e. The van der Waals surface area contributed by atoms with Crippen molar-refractivity contribution in [2.45, 2.75) is 50.1 Å². The number of rotatable bonds is 6. The SMILES string of the molecule is O=c1c2occc2ccn1-c1ccc(N[C@H]2CC[C@H](Nc3noc(C4CC4)n3)C2)nc1. The summed E-state index contributed by atoms with van der Waals surface area (Å²) in [6, 6.07) is 8.04. The van der Waals surface area contributed by atoms with E-state index >= 15 is 0 Å². The monoisotopic (exact) mass is 418 g/mol. The summed E-state index contributed by atoms with van der Waals surface area (Å²) in [5.41, 5.74) is 0.851. The number of furan rings is 1. The van der Waals surface area contributed by atoms with E-state index < -0.39 is 0 Å². The lowest BCUT2D eigenvalue weighted by Crippen LogP contribution is -2.22. The molecule has 4 aromatic heterocycles. The topological polar surface area (TPSA) is 111 Å². The van der Waals surface area contributed by atoms with E-state index in [1.54, 1.807) is 23.0 Å². The predicted molar refractivity (Wildman–Crippen MR) is 115 cm³/mol. The summed E-state index contributed by atoms with van der Waals surface area (Å²) in [4.78, 5) is 21.5. The van der Waals surface area contributed by atoms with E-state index in [4.69, 9.17) is 8.94 Å². The van der Waals surface area contributed by atoms with Crippen LogP contribution in [0.1, 0.15) is 43.9 Å². The number of aromatic nitrogens is 4. The third-order valence-corrected chi connectivity index (χ3v) is 6.02. The second-order valence-corrected chi connectivity index (χ2v) is 8.32. The lowest BCUT2D eigenvalue weighted by molar-refractivity contribution is 0.379. The maximum absolute atomic E-state index is 12.6. The van der Waals surface area contributed by atoms with Gasteiger partial charge in [-0.1, -0.05) is 0 Å². The highest BCUT2D eigenvalue weighted by Crippen LogP contribution is 2.39. The van der Waals surface area contributed by atoms with Gasteiger partial charge in [-0.3, -0.25) is 9.36 Å². The number of nitrogens with zero attached hydrogens (tertiary/aromatic N) is 4. The minimum absolute atomic E-state index is 0.193. The van der Waals surface area contributed by atoms with Gasteiger partial charge in [0.25, 0.3) is 11.5 Å². The molecule has 158 valence electrons. The number of fused-ring (bicyclic) bond motifs is 1. The molecule has 2 aliphatic rings. The van der Waals surface area contributed by atoms with Crippen molar-refractivity contribution in [3.05, 3.63) is 59.2 Å². The summed E-state index contributed by atoms with van der Waals surface area (Å²) in [6.07, 6.45) is 10.3. The highest BCUT2D eigenvalue weighted by Gasteiger charge is 2.31. The fourth-order valence-corrected chi connectivity index (χ4v) is 4.20. The lowest BCUT2D eigenvalue weighted by atomic mass is 10.2. The van der Waals surface area contributed by atoms with Gasteiger partial charge in [-0.2, -0.15) is 4.98 Å². The van der Waals surface area contributed by atoms with Gasteiger partial charge in [-0.25, -0.2) is 4.98 Å². The van der Waals surface area contributed by atoms with Crippen LogP contribution in [0.4, 0.5) is 11.8 Å². The van der Waals surface area contributed by atoms with Gasteiger partial charge in [0.15, 0.2) is 5.58 Å². The van der Waals surface area contributed by atoms with Crippen LogP contribution in [0.2, 0.25) is 0 Å². The molecule has 0 aromatic carbocycles. The molecule has 0 aliphatic heterocycles. The first-order valence-corrected chi connectivity index (χ1v) is 10.6. The van der Waals surface area contributed by atoms with E-state index in [1.165, 1.54) is 6.26 Å². The van der Waals surface area contributed by atoms with Gasteiger partial charge in [0, 0.05) is 29.6 Å². The van der Waals surface area contributed by atoms with E-state index in [0.29, 0.717) is 35.2 Å². The number of hydrogen-bond acceptors (Lipinski definition) is 8. The van der Waals surface area contributed by atoms with Crippen molar-refractivity contribution in [2.24, 2.45) is 0 Å². The summed E-state index contributed by atoms with van der Waals surface area (Å²) in [5, 5.41) is 11.7. The Kier molecular flexibility index (Phi) is 4.26. The molecule has 2 aliphatic carbocycles. The van der Waals surface area contributed by atoms with Gasteiger partial charge >= 0.3 is 0 Å². The third-order valence-electron chi connectivity index (χ3n) is 6.02. The summed E-state index contributed by atoms with van der Waals surface area (Å²) in [7, 11) is 0. The van der Waals surface area contributed by atoms with Crippen LogP contribution in [0.15, 0.2) is 56.7 Å². The van der Waals surface area contributed by atoms with Crippen molar-refractivity contribution in [2.75, 3.05) is 10.6 Å². The normalized spacial score (nSPS) is 20.9. The highest BCUT2D eigenvalue weighted by atomic mass is 16.5. The molecule has 2 atom stereocenters. The molecule has 4 aromatic rings. The molecule has 0 saturated heterocycles. The van der Waals surface area contributed by atoms with Gasteiger partial charge < -0.3 is 19.6 Å². The second kappa shape index (κ2) is 7.26. The van der Waals surface area contributed by atoms with Crippen molar-refractivity contribution >= 4 is 22.7 Å². The molecule has 0 radical (unpaired) electrons. The predicted octanol–water partition coefficient (Wildman–Crippen LogP) is 3.68. The Labute approximate surface area is 177 Å². The van der Waals surface area contributed by atoms with Crippen LogP contribution in [0.5, 0.6) is 0 Å². The number of nitrogens with one attached hydrogen (secondary N) is 2. The zero-order valence-electron chi connectivity index (χ0n) is 16.8. The molecule has 0 unspecified atom stereocenters. The van der Waals surface area contributed by atoms with Crippen molar-refractivity contribution in [1.29, 1.82) is 0 Å². The molecular weight excluding hydrogens is 396 g/mol. The molecule has 9 heteroatoms. The largest absolute Gasteiger partial charge is 0.459 e. The number of pyridine rings is 2. The second-order valence-electron chi connectivity index (χ2n) is 8.32. The zero-order valence-corrected chi connectivity index (χ0v) is 16.8. The molecule has 0 amide bonds. The van der Waals surface area contributed by atoms with Crippen molar-refractivity contribution in [3.8, 4) is 5.69 Å². The molecule has 2 saturated carbocycles. The van der Waals surface area contributed by atoms with Crippen molar-refractivity contribution in [1.82, 2.24) is 19.7 Å². The molecule has 31 heavy (non-hydrogen) atoms. The van der Waals surface area contributed by atoms with Crippen LogP contribution in [0.3, 0.4) is 0 Å². The summed E-state index contributed by atoms with van der Waals surface area (Å²) < 4.78 is 12.2. The Morgan fingerprint density at radius 1 is 1.03 bits per heavy atom. The van der Waals surface area contributed by atoms with Crippen LogP contribution in [-0.4, -0.2) is 31.8 Å². The molecule has 6 rings (SSSR count). The zero-order chi connectivity index (χ0) is 20.8. The maximum atomic E-state index is 12.6. The third kappa shape index (κ3) is 3.56. The average molecular weight is 418 g/mol. The van der Waals surface area contributed by atoms with Crippen LogP contribution in [-0.2, 0) is 0 Å². The Morgan fingerprint density at radius 3 is 2.71 bits per heavy atom. The Balaban J connectivity index is 1.09. The molecule has 2 N–H and O–H groups in total. The summed E-state index contributed by atoms with van der Waals surface area (Å²) in [5.74, 6) is 2.60. The van der Waals surface area contributed by atoms with Crippen LogP contribution in [0.25, 0.3) is 16.7 Å². The van der Waals surface area contributed by atoms with E-state index in [9.17, 15) is 4.79 Å². The molecule has 0 spiro atoms. The molecule has 4 heterocycles. The summed E-state index contributed by atoms with van der Waals surface area (Å²) in [6.45, 7) is 0. The molecular formula is C22H22N6O3. The lowest BCUT2D eigenvalue weighted by Gasteiger charge is -2.15. The van der Waals surface area contributed by atoms with E-state index in [1.807, 2.05) is 18.2 Å². The standard InChI is InChI=1S/C22H22N6O3/c29-21-19-13(8-10-30-19)7-9-28(21)17-5-6-18(23-12-17)24-15-3-4-16(11-15)25-22-26-20(31-27-22)14-1-2-14/h5-10,12,14-16H,1-4,11H2,(H,23,24)(H,25,27)/t15-,16-/m0/s1. The van der Waals surface area contributed by atoms with Gasteiger partial charge in [0.05, 0.1) is 18.1 Å². The first-order chi connectivity index (χ1) is 15.2. The van der Waals surface area contributed by atoms with Gasteiger partial charge in [0.1, 0.15) is 5.82 Å². The quantitative estimate of drug-likeness (QED) is 0.488. The van der Waals surface area contributed by atoms with Crippen LogP contribution in [0, 0.1) is 0 Å². The van der Waals surface area contributed by atoms with Gasteiger partial charge in [-0.15, -0.1) is 0 Å². The first-order valence-electron chi connectivity index (χ1n) is 10.6. The Morgan fingerprint density at radius 2 is 1.90 bits per heavy atom. The average Bonchev–Trinajstić information content (AvgIpc) is 3.15. The minimum atomic E-state index is -0.193. The van der Waals surface area contributed by atoms with Crippen LogP contribution >= 0.6 is 0 Å². The van der Waals surface area contributed by atoms with Gasteiger partial charge in [0.2, 0.25) is 5.89 Å².